The highest BCUT2D eigenvalue weighted by atomic mass is 127. The van der Waals surface area contributed by atoms with Gasteiger partial charge in [-0.3, -0.25) is 0 Å². The molecule has 0 bridgehead atoms. The molecule has 3 heteroatoms. The van der Waals surface area contributed by atoms with Gasteiger partial charge in [-0.2, -0.15) is 0 Å². The summed E-state index contributed by atoms with van der Waals surface area (Å²) in [5.41, 5.74) is 7.12. The minimum Gasteiger partial charge on any atom is -0.381 e. The molecule has 14 heavy (non-hydrogen) atoms. The van der Waals surface area contributed by atoms with Crippen LogP contribution in [0.15, 0.2) is 24.3 Å². The molecule has 1 aliphatic carbocycles. The summed E-state index contributed by atoms with van der Waals surface area (Å²) < 4.78 is 1.28. The number of benzene rings is 1. The highest BCUT2D eigenvalue weighted by molar-refractivity contribution is 14.1. The molecule has 1 fully saturated rings. The molecule has 1 aliphatic rings. The standard InChI is InChI=1S/C11H15IN2/c12-10-3-1-2-4-11(10)14-9-6-5-8(13)7-9/h1-4,8-9,14H,5-7,13H2. The fourth-order valence-electron chi connectivity index (χ4n) is 1.95. The van der Waals surface area contributed by atoms with Crippen LogP contribution >= 0.6 is 22.6 Å². The Balaban J connectivity index is 2.01. The maximum atomic E-state index is 5.87. The Morgan fingerprint density at radius 2 is 2.07 bits per heavy atom. The van der Waals surface area contributed by atoms with Crippen LogP contribution in [0.3, 0.4) is 0 Å². The van der Waals surface area contributed by atoms with E-state index in [1.165, 1.54) is 15.7 Å². The summed E-state index contributed by atoms with van der Waals surface area (Å²) in [6, 6.07) is 9.35. The zero-order valence-electron chi connectivity index (χ0n) is 8.04. The van der Waals surface area contributed by atoms with Gasteiger partial charge in [0.2, 0.25) is 0 Å². The van der Waals surface area contributed by atoms with Gasteiger partial charge in [-0.1, -0.05) is 12.1 Å². The maximum absolute atomic E-state index is 5.87. The van der Waals surface area contributed by atoms with Gasteiger partial charge in [0, 0.05) is 21.3 Å². The summed E-state index contributed by atoms with van der Waals surface area (Å²) in [7, 11) is 0. The molecule has 1 aromatic carbocycles. The second-order valence-corrected chi connectivity index (χ2v) is 5.06. The molecule has 0 aliphatic heterocycles. The summed E-state index contributed by atoms with van der Waals surface area (Å²) in [6.45, 7) is 0. The average molecular weight is 302 g/mol. The predicted octanol–water partition coefficient (Wildman–Crippen LogP) is 2.58. The third-order valence-electron chi connectivity index (χ3n) is 2.71. The van der Waals surface area contributed by atoms with E-state index in [0.717, 1.165) is 12.8 Å². The fraction of sp³-hybridized carbons (Fsp3) is 0.455. The van der Waals surface area contributed by atoms with Crippen LogP contribution < -0.4 is 11.1 Å². The van der Waals surface area contributed by atoms with Crippen molar-refractivity contribution in [2.45, 2.75) is 31.3 Å². The van der Waals surface area contributed by atoms with E-state index in [2.05, 4.69) is 52.2 Å². The van der Waals surface area contributed by atoms with Crippen LogP contribution in [0.2, 0.25) is 0 Å². The van der Waals surface area contributed by atoms with Gasteiger partial charge in [0.05, 0.1) is 0 Å². The second kappa shape index (κ2) is 4.49. The molecule has 2 unspecified atom stereocenters. The predicted molar refractivity (Wildman–Crippen MR) is 68.4 cm³/mol. The lowest BCUT2D eigenvalue weighted by Crippen LogP contribution is -2.21. The van der Waals surface area contributed by atoms with E-state index in [1.54, 1.807) is 0 Å². The van der Waals surface area contributed by atoms with Crippen LogP contribution in [-0.2, 0) is 0 Å². The smallest absolute Gasteiger partial charge is 0.0478 e. The number of para-hydroxylation sites is 1. The van der Waals surface area contributed by atoms with E-state index < -0.39 is 0 Å². The number of nitrogens with one attached hydrogen (secondary N) is 1. The molecule has 0 heterocycles. The Morgan fingerprint density at radius 1 is 1.29 bits per heavy atom. The van der Waals surface area contributed by atoms with Crippen LogP contribution in [0.25, 0.3) is 0 Å². The van der Waals surface area contributed by atoms with Crippen molar-refractivity contribution in [3.63, 3.8) is 0 Å². The second-order valence-electron chi connectivity index (χ2n) is 3.89. The van der Waals surface area contributed by atoms with Crippen LogP contribution in [-0.4, -0.2) is 12.1 Å². The molecular formula is C11H15IN2. The summed E-state index contributed by atoms with van der Waals surface area (Å²) in [4.78, 5) is 0. The highest BCUT2D eigenvalue weighted by Gasteiger charge is 2.21. The number of hydrogen-bond donors (Lipinski definition) is 2. The first kappa shape index (κ1) is 10.2. The van der Waals surface area contributed by atoms with Crippen molar-refractivity contribution in [1.29, 1.82) is 0 Å². The molecule has 1 saturated carbocycles. The lowest BCUT2D eigenvalue weighted by Gasteiger charge is -2.14. The van der Waals surface area contributed by atoms with Crippen molar-refractivity contribution in [3.05, 3.63) is 27.8 Å². The first-order chi connectivity index (χ1) is 6.75. The van der Waals surface area contributed by atoms with Crippen LogP contribution in [0.5, 0.6) is 0 Å². The summed E-state index contributed by atoms with van der Waals surface area (Å²) in [5.74, 6) is 0. The van der Waals surface area contributed by atoms with Gasteiger partial charge in [0.1, 0.15) is 0 Å². The summed E-state index contributed by atoms with van der Waals surface area (Å²) in [6.07, 6.45) is 3.46. The molecule has 0 spiro atoms. The Kier molecular flexibility index (Phi) is 3.28. The largest absolute Gasteiger partial charge is 0.381 e. The third kappa shape index (κ3) is 2.39. The molecule has 0 amide bonds. The zero-order chi connectivity index (χ0) is 9.97. The van der Waals surface area contributed by atoms with Crippen LogP contribution in [0, 0.1) is 3.57 Å². The quantitative estimate of drug-likeness (QED) is 0.824. The van der Waals surface area contributed by atoms with Gasteiger partial charge in [0.25, 0.3) is 0 Å². The fourth-order valence-corrected chi connectivity index (χ4v) is 2.49. The Bertz CT molecular complexity index is 314. The van der Waals surface area contributed by atoms with E-state index in [0.29, 0.717) is 12.1 Å². The SMILES string of the molecule is NC1CCC(Nc2ccccc2I)C1. The van der Waals surface area contributed by atoms with Crippen molar-refractivity contribution >= 4 is 28.3 Å². The average Bonchev–Trinajstić information content (AvgIpc) is 2.56. The Morgan fingerprint density at radius 3 is 2.71 bits per heavy atom. The van der Waals surface area contributed by atoms with Gasteiger partial charge in [-0.15, -0.1) is 0 Å². The molecule has 0 radical (unpaired) electrons. The minimum atomic E-state index is 0.397. The number of anilines is 1. The van der Waals surface area contributed by atoms with Crippen molar-refractivity contribution in [2.75, 3.05) is 5.32 Å². The normalized spacial score (nSPS) is 26.4. The van der Waals surface area contributed by atoms with Gasteiger partial charge in [0.15, 0.2) is 0 Å². The van der Waals surface area contributed by atoms with E-state index >= 15 is 0 Å². The third-order valence-corrected chi connectivity index (χ3v) is 3.65. The van der Waals surface area contributed by atoms with Crippen LogP contribution in [0.4, 0.5) is 5.69 Å². The van der Waals surface area contributed by atoms with Gasteiger partial charge >= 0.3 is 0 Å². The number of halogens is 1. The van der Waals surface area contributed by atoms with E-state index in [-0.39, 0.29) is 0 Å². The zero-order valence-corrected chi connectivity index (χ0v) is 10.2. The molecule has 0 saturated heterocycles. The molecule has 0 aromatic heterocycles. The lowest BCUT2D eigenvalue weighted by atomic mass is 10.2. The monoisotopic (exact) mass is 302 g/mol. The first-order valence-electron chi connectivity index (χ1n) is 5.02. The Hall–Kier alpha value is -0.290. The first-order valence-corrected chi connectivity index (χ1v) is 6.10. The molecule has 2 atom stereocenters. The summed E-state index contributed by atoms with van der Waals surface area (Å²) >= 11 is 2.36. The topological polar surface area (TPSA) is 38.0 Å². The molecule has 76 valence electrons. The van der Waals surface area contributed by atoms with Gasteiger partial charge < -0.3 is 11.1 Å². The molecule has 3 N–H and O–H groups in total. The minimum absolute atomic E-state index is 0.397. The van der Waals surface area contributed by atoms with Gasteiger partial charge in [-0.25, -0.2) is 0 Å². The molecule has 2 rings (SSSR count). The van der Waals surface area contributed by atoms with Crippen molar-refractivity contribution in [2.24, 2.45) is 5.73 Å². The number of rotatable bonds is 2. The van der Waals surface area contributed by atoms with E-state index in [1.807, 2.05) is 0 Å². The highest BCUT2D eigenvalue weighted by Crippen LogP contribution is 2.24. The van der Waals surface area contributed by atoms with Gasteiger partial charge in [-0.05, 0) is 54.0 Å². The van der Waals surface area contributed by atoms with Crippen molar-refractivity contribution < 1.29 is 0 Å². The molecular weight excluding hydrogens is 287 g/mol. The Labute approximate surface area is 98.4 Å². The van der Waals surface area contributed by atoms with Crippen molar-refractivity contribution in [3.8, 4) is 0 Å². The number of nitrogens with two attached hydrogens (primary N) is 1. The van der Waals surface area contributed by atoms with E-state index in [4.69, 9.17) is 5.73 Å². The maximum Gasteiger partial charge on any atom is 0.0478 e. The van der Waals surface area contributed by atoms with Crippen molar-refractivity contribution in [1.82, 2.24) is 0 Å². The molecule has 2 nitrogen and oxygen atoms in total. The lowest BCUT2D eigenvalue weighted by molar-refractivity contribution is 0.687. The van der Waals surface area contributed by atoms with Crippen LogP contribution in [0.1, 0.15) is 19.3 Å². The molecule has 1 aromatic rings. The summed E-state index contributed by atoms with van der Waals surface area (Å²) in [5, 5.41) is 3.55. The number of hydrogen-bond acceptors (Lipinski definition) is 2. The van der Waals surface area contributed by atoms with E-state index in [9.17, 15) is 0 Å².